The molecule has 0 radical (unpaired) electrons. The third kappa shape index (κ3) is 3.40. The monoisotopic (exact) mass is 307 g/mol. The Bertz CT molecular complexity index is 540. The molecule has 1 N–H and O–H groups in total. The lowest BCUT2D eigenvalue weighted by atomic mass is 10.1. The Balaban J connectivity index is 1.96. The fourth-order valence-electron chi connectivity index (χ4n) is 1.82. The van der Waals surface area contributed by atoms with Crippen LogP contribution in [0.4, 0.5) is 4.39 Å². The van der Waals surface area contributed by atoms with E-state index < -0.39 is 0 Å². The third-order valence-electron chi connectivity index (χ3n) is 2.90. The minimum atomic E-state index is -0.203. The Morgan fingerprint density at radius 1 is 1.06 bits per heavy atom. The van der Waals surface area contributed by atoms with Gasteiger partial charge in [-0.1, -0.05) is 40.2 Å². The zero-order valence-corrected chi connectivity index (χ0v) is 11.8. The van der Waals surface area contributed by atoms with Gasteiger partial charge < -0.3 is 5.32 Å². The van der Waals surface area contributed by atoms with Gasteiger partial charge in [0.2, 0.25) is 0 Å². The van der Waals surface area contributed by atoms with E-state index in [1.165, 1.54) is 17.2 Å². The molecular formula is C15H15BrFN. The van der Waals surface area contributed by atoms with Gasteiger partial charge in [-0.3, -0.25) is 0 Å². The first kappa shape index (κ1) is 13.2. The van der Waals surface area contributed by atoms with Crippen molar-refractivity contribution < 1.29 is 4.39 Å². The topological polar surface area (TPSA) is 12.0 Å². The molecule has 18 heavy (non-hydrogen) atoms. The second-order valence-corrected chi connectivity index (χ2v) is 5.12. The molecule has 0 amide bonds. The van der Waals surface area contributed by atoms with Crippen LogP contribution in [0.3, 0.4) is 0 Å². The first-order valence-corrected chi connectivity index (χ1v) is 6.65. The van der Waals surface area contributed by atoms with Crippen LogP contribution in [0.25, 0.3) is 0 Å². The van der Waals surface area contributed by atoms with Gasteiger partial charge in [-0.2, -0.15) is 0 Å². The Morgan fingerprint density at radius 3 is 2.56 bits per heavy atom. The highest BCUT2D eigenvalue weighted by molar-refractivity contribution is 9.10. The van der Waals surface area contributed by atoms with Crippen molar-refractivity contribution >= 4 is 15.9 Å². The molecule has 2 aromatic carbocycles. The first-order chi connectivity index (χ1) is 8.66. The van der Waals surface area contributed by atoms with Gasteiger partial charge >= 0.3 is 0 Å². The molecule has 94 valence electrons. The van der Waals surface area contributed by atoms with Crippen molar-refractivity contribution in [2.75, 3.05) is 0 Å². The van der Waals surface area contributed by atoms with Gasteiger partial charge in [-0.05, 0) is 41.8 Å². The fourth-order valence-corrected chi connectivity index (χ4v) is 2.21. The van der Waals surface area contributed by atoms with Crippen LogP contribution in [0.1, 0.15) is 16.7 Å². The molecule has 0 heterocycles. The number of rotatable bonds is 4. The van der Waals surface area contributed by atoms with E-state index in [1.54, 1.807) is 12.1 Å². The molecule has 0 aliphatic carbocycles. The van der Waals surface area contributed by atoms with Gasteiger partial charge in [0.1, 0.15) is 5.82 Å². The van der Waals surface area contributed by atoms with E-state index in [-0.39, 0.29) is 5.82 Å². The van der Waals surface area contributed by atoms with Gasteiger partial charge in [0.15, 0.2) is 0 Å². The highest BCUT2D eigenvalue weighted by Gasteiger charge is 2.02. The highest BCUT2D eigenvalue weighted by Crippen LogP contribution is 2.17. The van der Waals surface area contributed by atoms with Crippen LogP contribution in [0, 0.1) is 12.7 Å². The summed E-state index contributed by atoms with van der Waals surface area (Å²) in [6, 6.07) is 13.0. The molecule has 2 rings (SSSR count). The van der Waals surface area contributed by atoms with E-state index in [0.29, 0.717) is 6.54 Å². The molecule has 0 saturated carbocycles. The molecule has 1 nitrogen and oxygen atoms in total. The second kappa shape index (κ2) is 6.12. The lowest BCUT2D eigenvalue weighted by Gasteiger charge is -2.09. The minimum absolute atomic E-state index is 0.203. The highest BCUT2D eigenvalue weighted by atomic mass is 79.9. The number of nitrogens with one attached hydrogen (secondary N) is 1. The van der Waals surface area contributed by atoms with Crippen LogP contribution >= 0.6 is 15.9 Å². The standard InChI is InChI=1S/C15H15BrFN/c1-11-4-2-3-5-12(11)9-18-10-13-8-14(17)6-7-15(13)16/h2-8,18H,9-10H2,1H3. The molecule has 0 aromatic heterocycles. The zero-order valence-electron chi connectivity index (χ0n) is 10.2. The van der Waals surface area contributed by atoms with Crippen LogP contribution in [-0.4, -0.2) is 0 Å². The summed E-state index contributed by atoms with van der Waals surface area (Å²) < 4.78 is 14.0. The first-order valence-electron chi connectivity index (χ1n) is 5.86. The van der Waals surface area contributed by atoms with E-state index in [0.717, 1.165) is 16.6 Å². The summed E-state index contributed by atoms with van der Waals surface area (Å²) >= 11 is 3.42. The van der Waals surface area contributed by atoms with Gasteiger partial charge in [0, 0.05) is 17.6 Å². The molecule has 0 spiro atoms. The molecule has 0 aliphatic heterocycles. The molecule has 0 bridgehead atoms. The van der Waals surface area contributed by atoms with E-state index in [9.17, 15) is 4.39 Å². The Morgan fingerprint density at radius 2 is 1.78 bits per heavy atom. The molecule has 0 saturated heterocycles. The molecule has 0 unspecified atom stereocenters. The number of hydrogen-bond acceptors (Lipinski definition) is 1. The predicted molar refractivity (Wildman–Crippen MR) is 75.8 cm³/mol. The second-order valence-electron chi connectivity index (χ2n) is 4.27. The summed E-state index contributed by atoms with van der Waals surface area (Å²) in [4.78, 5) is 0. The molecule has 2 aromatic rings. The Kier molecular flexibility index (Phi) is 4.50. The zero-order chi connectivity index (χ0) is 13.0. The predicted octanol–water partition coefficient (Wildman–Crippen LogP) is 4.19. The molecule has 0 aliphatic rings. The summed E-state index contributed by atoms with van der Waals surface area (Å²) in [6.07, 6.45) is 0. The lowest BCUT2D eigenvalue weighted by Crippen LogP contribution is -2.14. The van der Waals surface area contributed by atoms with Gasteiger partial charge in [0.25, 0.3) is 0 Å². The van der Waals surface area contributed by atoms with Crippen LogP contribution in [-0.2, 0) is 13.1 Å². The average molecular weight is 308 g/mol. The van der Waals surface area contributed by atoms with Crippen molar-refractivity contribution in [2.45, 2.75) is 20.0 Å². The summed E-state index contributed by atoms with van der Waals surface area (Å²) in [7, 11) is 0. The Labute approximate surface area is 115 Å². The van der Waals surface area contributed by atoms with Crippen molar-refractivity contribution in [3.05, 3.63) is 69.4 Å². The van der Waals surface area contributed by atoms with Crippen molar-refractivity contribution in [1.82, 2.24) is 5.32 Å². The smallest absolute Gasteiger partial charge is 0.123 e. The van der Waals surface area contributed by atoms with Crippen LogP contribution in [0.15, 0.2) is 46.9 Å². The summed E-state index contributed by atoms with van der Waals surface area (Å²) in [5.74, 6) is -0.203. The summed E-state index contributed by atoms with van der Waals surface area (Å²) in [5, 5.41) is 3.33. The number of benzene rings is 2. The van der Waals surface area contributed by atoms with E-state index >= 15 is 0 Å². The van der Waals surface area contributed by atoms with Crippen molar-refractivity contribution in [2.24, 2.45) is 0 Å². The molecule has 0 fully saturated rings. The normalized spacial score (nSPS) is 10.6. The lowest BCUT2D eigenvalue weighted by molar-refractivity contribution is 0.619. The third-order valence-corrected chi connectivity index (χ3v) is 3.67. The number of halogens is 2. The van der Waals surface area contributed by atoms with Gasteiger partial charge in [-0.15, -0.1) is 0 Å². The molecule has 3 heteroatoms. The SMILES string of the molecule is Cc1ccccc1CNCc1cc(F)ccc1Br. The van der Waals surface area contributed by atoms with Gasteiger partial charge in [0.05, 0.1) is 0 Å². The van der Waals surface area contributed by atoms with Crippen LogP contribution in [0.2, 0.25) is 0 Å². The minimum Gasteiger partial charge on any atom is -0.309 e. The van der Waals surface area contributed by atoms with Crippen molar-refractivity contribution in [1.29, 1.82) is 0 Å². The molecule has 0 atom stereocenters. The van der Waals surface area contributed by atoms with E-state index in [4.69, 9.17) is 0 Å². The maximum atomic E-state index is 13.1. The summed E-state index contributed by atoms with van der Waals surface area (Å²) in [6.45, 7) is 3.53. The molecular weight excluding hydrogens is 293 g/mol. The Hall–Kier alpha value is -1.19. The van der Waals surface area contributed by atoms with Crippen LogP contribution < -0.4 is 5.32 Å². The van der Waals surface area contributed by atoms with E-state index in [2.05, 4.69) is 40.3 Å². The summed E-state index contributed by atoms with van der Waals surface area (Å²) in [5.41, 5.74) is 3.47. The average Bonchev–Trinajstić information content (AvgIpc) is 2.36. The maximum absolute atomic E-state index is 13.1. The maximum Gasteiger partial charge on any atom is 0.123 e. The van der Waals surface area contributed by atoms with E-state index in [1.807, 2.05) is 12.1 Å². The van der Waals surface area contributed by atoms with Crippen LogP contribution in [0.5, 0.6) is 0 Å². The van der Waals surface area contributed by atoms with Crippen molar-refractivity contribution in [3.8, 4) is 0 Å². The number of aryl methyl sites for hydroxylation is 1. The van der Waals surface area contributed by atoms with Crippen molar-refractivity contribution in [3.63, 3.8) is 0 Å². The fraction of sp³-hybridized carbons (Fsp3) is 0.200. The van der Waals surface area contributed by atoms with Gasteiger partial charge in [-0.25, -0.2) is 4.39 Å². The number of hydrogen-bond donors (Lipinski definition) is 1. The largest absolute Gasteiger partial charge is 0.309 e. The quantitative estimate of drug-likeness (QED) is 0.893.